The molecule has 3 rings (SSSR count). The Morgan fingerprint density at radius 2 is 2.29 bits per heavy atom. The Morgan fingerprint density at radius 3 is 2.95 bits per heavy atom. The molecule has 0 aliphatic carbocycles. The van der Waals surface area contributed by atoms with Crippen molar-refractivity contribution in [1.82, 2.24) is 14.8 Å². The second-order valence-electron chi connectivity index (χ2n) is 5.01. The van der Waals surface area contributed by atoms with Crippen molar-refractivity contribution >= 4 is 29.3 Å². The van der Waals surface area contributed by atoms with Crippen LogP contribution in [-0.2, 0) is 9.53 Å². The number of carbonyl (C=O) groups excluding carboxylic acids is 1. The molecule has 0 saturated carbocycles. The van der Waals surface area contributed by atoms with E-state index in [0.717, 1.165) is 11.3 Å². The van der Waals surface area contributed by atoms with E-state index in [9.17, 15) is 4.79 Å². The van der Waals surface area contributed by atoms with Crippen molar-refractivity contribution in [2.75, 3.05) is 0 Å². The van der Waals surface area contributed by atoms with Crippen molar-refractivity contribution in [2.45, 2.75) is 36.8 Å². The molecule has 110 valence electrons. The second kappa shape index (κ2) is 5.69. The van der Waals surface area contributed by atoms with Crippen molar-refractivity contribution < 1.29 is 9.53 Å². The van der Waals surface area contributed by atoms with Crippen molar-refractivity contribution in [1.29, 1.82) is 0 Å². The molecule has 0 unspecified atom stereocenters. The first-order valence-electron chi connectivity index (χ1n) is 6.58. The number of thioether (sulfide) groups is 1. The third-order valence-corrected chi connectivity index (χ3v) is 4.89. The van der Waals surface area contributed by atoms with Gasteiger partial charge in [0.1, 0.15) is 17.7 Å². The van der Waals surface area contributed by atoms with Crippen LogP contribution in [0.2, 0.25) is 5.02 Å². The monoisotopic (exact) mass is 323 g/mol. The van der Waals surface area contributed by atoms with E-state index in [0.29, 0.717) is 16.6 Å². The van der Waals surface area contributed by atoms with Crippen LogP contribution >= 0.6 is 23.4 Å². The van der Waals surface area contributed by atoms with Crippen LogP contribution in [0.1, 0.15) is 18.9 Å². The van der Waals surface area contributed by atoms with E-state index in [1.165, 1.54) is 11.8 Å². The molecule has 1 aliphatic heterocycles. The van der Waals surface area contributed by atoms with Crippen LogP contribution in [0, 0.1) is 6.92 Å². The number of hydrogen-bond donors (Lipinski definition) is 0. The summed E-state index contributed by atoms with van der Waals surface area (Å²) in [6.07, 6.45) is 2.26. The van der Waals surface area contributed by atoms with Crippen LogP contribution in [0.25, 0.3) is 5.69 Å². The fourth-order valence-corrected chi connectivity index (χ4v) is 3.47. The third kappa shape index (κ3) is 2.91. The Hall–Kier alpha value is -1.53. The van der Waals surface area contributed by atoms with Crippen LogP contribution in [-0.4, -0.2) is 32.1 Å². The van der Waals surface area contributed by atoms with Gasteiger partial charge in [-0.15, -0.1) is 10.2 Å². The van der Waals surface area contributed by atoms with Crippen LogP contribution in [0.3, 0.4) is 0 Å². The Labute approximate surface area is 131 Å². The maximum atomic E-state index is 11.7. The van der Waals surface area contributed by atoms with E-state index in [-0.39, 0.29) is 17.3 Å². The minimum absolute atomic E-state index is 0.0415. The predicted octanol–water partition coefficient (Wildman–Crippen LogP) is 3.03. The van der Waals surface area contributed by atoms with Crippen LogP contribution in [0.5, 0.6) is 0 Å². The lowest BCUT2D eigenvalue weighted by molar-refractivity contribution is -0.140. The molecule has 1 aromatic carbocycles. The third-order valence-electron chi connectivity index (χ3n) is 3.32. The molecule has 0 amide bonds. The molecule has 2 heterocycles. The number of rotatable bonds is 3. The lowest BCUT2D eigenvalue weighted by Gasteiger charge is -2.09. The van der Waals surface area contributed by atoms with Crippen molar-refractivity contribution in [3.05, 3.63) is 35.1 Å². The van der Waals surface area contributed by atoms with Crippen LogP contribution in [0.4, 0.5) is 0 Å². The number of hydrogen-bond acceptors (Lipinski definition) is 5. The predicted molar refractivity (Wildman–Crippen MR) is 80.9 cm³/mol. The molecule has 0 spiro atoms. The molecule has 0 N–H and O–H groups in total. The number of benzene rings is 1. The highest BCUT2D eigenvalue weighted by Gasteiger charge is 2.34. The molecule has 21 heavy (non-hydrogen) atoms. The topological polar surface area (TPSA) is 57.0 Å². The smallest absolute Gasteiger partial charge is 0.319 e. The van der Waals surface area contributed by atoms with Gasteiger partial charge in [0.2, 0.25) is 0 Å². The minimum Gasteiger partial charge on any atom is -0.462 e. The summed E-state index contributed by atoms with van der Waals surface area (Å²) in [6, 6.07) is 5.75. The van der Waals surface area contributed by atoms with E-state index >= 15 is 0 Å². The van der Waals surface area contributed by atoms with E-state index in [2.05, 4.69) is 10.2 Å². The summed E-state index contributed by atoms with van der Waals surface area (Å²) >= 11 is 7.53. The molecule has 5 nitrogen and oxygen atoms in total. The Morgan fingerprint density at radius 1 is 1.48 bits per heavy atom. The number of aryl methyl sites for hydroxylation is 1. The van der Waals surface area contributed by atoms with Crippen molar-refractivity contribution in [2.24, 2.45) is 0 Å². The molecular formula is C14H14ClN3O2S. The van der Waals surface area contributed by atoms with Gasteiger partial charge < -0.3 is 4.74 Å². The molecule has 1 aromatic heterocycles. The molecular weight excluding hydrogens is 310 g/mol. The number of esters is 1. The number of carbonyl (C=O) groups is 1. The summed E-state index contributed by atoms with van der Waals surface area (Å²) in [5, 5.41) is 9.14. The quantitative estimate of drug-likeness (QED) is 0.813. The zero-order chi connectivity index (χ0) is 15.0. The van der Waals surface area contributed by atoms with E-state index in [1.54, 1.807) is 6.33 Å². The zero-order valence-electron chi connectivity index (χ0n) is 11.6. The summed E-state index contributed by atoms with van der Waals surface area (Å²) < 4.78 is 6.99. The van der Waals surface area contributed by atoms with Gasteiger partial charge in [0.15, 0.2) is 5.16 Å². The van der Waals surface area contributed by atoms with Crippen LogP contribution in [0.15, 0.2) is 29.7 Å². The molecule has 1 aliphatic rings. The fraction of sp³-hybridized carbons (Fsp3) is 0.357. The Bertz CT molecular complexity index is 689. The number of aromatic nitrogens is 3. The highest BCUT2D eigenvalue weighted by molar-refractivity contribution is 8.00. The summed E-state index contributed by atoms with van der Waals surface area (Å²) in [6.45, 7) is 3.84. The standard InChI is InChI=1S/C14H14ClN3O2S/c1-8-3-4-10(6-11(8)15)18-7-16-17-14(18)21-12-5-9(2)20-13(12)19/h3-4,6-7,9,12H,5H2,1-2H3/t9-,12+/m0/s1. The highest BCUT2D eigenvalue weighted by Crippen LogP contribution is 2.32. The van der Waals surface area contributed by atoms with Gasteiger partial charge in [0, 0.05) is 11.4 Å². The average molecular weight is 324 g/mol. The SMILES string of the molecule is Cc1ccc(-n2cnnc2S[C@@H]2C[C@H](C)OC2=O)cc1Cl. The van der Waals surface area contributed by atoms with E-state index in [1.807, 2.05) is 36.6 Å². The first-order valence-corrected chi connectivity index (χ1v) is 7.84. The fourth-order valence-electron chi connectivity index (χ4n) is 2.16. The lowest BCUT2D eigenvalue weighted by Crippen LogP contribution is -2.10. The molecule has 2 atom stereocenters. The summed E-state index contributed by atoms with van der Waals surface area (Å²) in [5.41, 5.74) is 1.88. The van der Waals surface area contributed by atoms with E-state index in [4.69, 9.17) is 16.3 Å². The molecule has 1 saturated heterocycles. The first kappa shape index (κ1) is 14.4. The Kier molecular flexibility index (Phi) is 3.91. The van der Waals surface area contributed by atoms with Gasteiger partial charge in [-0.1, -0.05) is 29.4 Å². The minimum atomic E-state index is -0.233. The number of nitrogens with zero attached hydrogens (tertiary/aromatic N) is 3. The normalized spacial score (nSPS) is 21.6. The number of cyclic esters (lactones) is 1. The lowest BCUT2D eigenvalue weighted by atomic mass is 10.2. The van der Waals surface area contributed by atoms with Gasteiger partial charge in [-0.2, -0.15) is 0 Å². The van der Waals surface area contributed by atoms with Crippen molar-refractivity contribution in [3.63, 3.8) is 0 Å². The molecule has 1 fully saturated rings. The Balaban J connectivity index is 1.87. The first-order chi connectivity index (χ1) is 10.0. The maximum Gasteiger partial charge on any atom is 0.319 e. The van der Waals surface area contributed by atoms with Gasteiger partial charge in [0.05, 0.1) is 5.69 Å². The summed E-state index contributed by atoms with van der Waals surface area (Å²) in [5.74, 6) is -0.191. The summed E-state index contributed by atoms with van der Waals surface area (Å²) in [7, 11) is 0. The number of ether oxygens (including phenoxy) is 1. The maximum absolute atomic E-state index is 11.7. The van der Waals surface area contributed by atoms with Gasteiger partial charge in [-0.25, -0.2) is 0 Å². The number of halogens is 1. The van der Waals surface area contributed by atoms with Gasteiger partial charge >= 0.3 is 5.97 Å². The highest BCUT2D eigenvalue weighted by atomic mass is 35.5. The van der Waals surface area contributed by atoms with Crippen molar-refractivity contribution in [3.8, 4) is 5.69 Å². The summed E-state index contributed by atoms with van der Waals surface area (Å²) in [4.78, 5) is 11.7. The molecule has 0 radical (unpaired) electrons. The molecule has 2 aromatic rings. The average Bonchev–Trinajstić information content (AvgIpc) is 3.01. The van der Waals surface area contributed by atoms with E-state index < -0.39 is 0 Å². The zero-order valence-corrected chi connectivity index (χ0v) is 13.2. The second-order valence-corrected chi connectivity index (χ2v) is 6.58. The van der Waals surface area contributed by atoms with Gasteiger partial charge in [-0.3, -0.25) is 9.36 Å². The van der Waals surface area contributed by atoms with Crippen LogP contribution < -0.4 is 0 Å². The molecule has 7 heteroatoms. The molecule has 0 bridgehead atoms. The van der Waals surface area contributed by atoms with Gasteiger partial charge in [-0.05, 0) is 31.5 Å². The largest absolute Gasteiger partial charge is 0.462 e. The van der Waals surface area contributed by atoms with Gasteiger partial charge in [0.25, 0.3) is 0 Å².